The van der Waals surface area contributed by atoms with Crippen LogP contribution in [0, 0.1) is 0 Å². The molecule has 2 aromatic heterocycles. The molecule has 8 heteroatoms. The van der Waals surface area contributed by atoms with Gasteiger partial charge in [-0.1, -0.05) is 0 Å². The van der Waals surface area contributed by atoms with Gasteiger partial charge in [-0.05, 0) is 0 Å². The third kappa shape index (κ3) is 5.98. The number of rotatable bonds is 13. The van der Waals surface area contributed by atoms with E-state index in [1.807, 2.05) is 0 Å². The van der Waals surface area contributed by atoms with E-state index in [1.54, 1.807) is 6.33 Å². The van der Waals surface area contributed by atoms with Crippen molar-refractivity contribution in [3.05, 3.63) is 36.8 Å². The fourth-order valence-corrected chi connectivity index (χ4v) is 21.4. The maximum absolute atomic E-state index is 5.50. The Morgan fingerprint density at radius 2 is 1.50 bits per heavy atom. The molecular weight excluding hydrogens is 555 g/mol. The van der Waals surface area contributed by atoms with Gasteiger partial charge >= 0.3 is 217 Å². The first-order valence-electron chi connectivity index (χ1n) is 14.0. The molecule has 0 radical (unpaired) electrons. The van der Waals surface area contributed by atoms with Gasteiger partial charge in [-0.2, -0.15) is 0 Å². The number of anilines is 3. The number of unbranched alkanes of at least 4 members (excludes halogenated alkanes) is 3. The summed E-state index contributed by atoms with van der Waals surface area (Å²) in [7, 11) is 2.09. The average Bonchev–Trinajstić information content (AvgIpc) is 3.43. The van der Waals surface area contributed by atoms with Crippen LogP contribution in [0.4, 0.5) is 17.2 Å². The summed E-state index contributed by atoms with van der Waals surface area (Å²) in [5.74, 6) is 0.872. The second-order valence-corrected chi connectivity index (χ2v) is 23.3. The van der Waals surface area contributed by atoms with Gasteiger partial charge in [-0.15, -0.1) is 0 Å². The van der Waals surface area contributed by atoms with Crippen LogP contribution in [0.15, 0.2) is 36.8 Å². The van der Waals surface area contributed by atoms with Crippen molar-refractivity contribution in [1.82, 2.24) is 19.6 Å². The molecule has 36 heavy (non-hydrogen) atoms. The van der Waals surface area contributed by atoms with Gasteiger partial charge in [0, 0.05) is 0 Å². The van der Waals surface area contributed by atoms with Gasteiger partial charge in [0.15, 0.2) is 0 Å². The number of fused-ring (bicyclic) bond motifs is 1. The first-order valence-corrected chi connectivity index (χ1v) is 21.5. The van der Waals surface area contributed by atoms with Gasteiger partial charge < -0.3 is 4.74 Å². The molecule has 1 fully saturated rings. The Morgan fingerprint density at radius 1 is 0.889 bits per heavy atom. The van der Waals surface area contributed by atoms with E-state index in [0.717, 1.165) is 43.5 Å². The molecule has 1 aliphatic heterocycles. The predicted molar refractivity (Wildman–Crippen MR) is 153 cm³/mol. The van der Waals surface area contributed by atoms with Crippen LogP contribution in [0.1, 0.15) is 59.3 Å². The van der Waals surface area contributed by atoms with E-state index in [9.17, 15) is 0 Å². The molecule has 0 bridgehead atoms. The molecule has 0 N–H and O–H groups in total. The average molecular weight is 599 g/mol. The van der Waals surface area contributed by atoms with E-state index in [1.165, 1.54) is 61.2 Å². The summed E-state index contributed by atoms with van der Waals surface area (Å²) < 4.78 is 13.3. The second kappa shape index (κ2) is 13.1. The van der Waals surface area contributed by atoms with Gasteiger partial charge in [0.1, 0.15) is 0 Å². The van der Waals surface area contributed by atoms with Crippen LogP contribution in [0.2, 0.25) is 13.3 Å². The van der Waals surface area contributed by atoms with Crippen LogP contribution in [0.5, 0.6) is 0 Å². The zero-order valence-corrected chi connectivity index (χ0v) is 25.6. The van der Waals surface area contributed by atoms with E-state index < -0.39 is 18.4 Å². The molecule has 3 aromatic rings. The number of aromatic nitrogens is 4. The number of benzene rings is 1. The predicted octanol–water partition coefficient (Wildman–Crippen LogP) is 5.78. The van der Waals surface area contributed by atoms with Gasteiger partial charge in [-0.25, -0.2) is 0 Å². The molecular formula is C28H44N6OSn. The molecule has 196 valence electrons. The van der Waals surface area contributed by atoms with Crippen molar-refractivity contribution in [3.63, 3.8) is 0 Å². The van der Waals surface area contributed by atoms with E-state index in [-0.39, 0.29) is 0 Å². The fraction of sp³-hybridized carbons (Fsp3) is 0.607. The van der Waals surface area contributed by atoms with Crippen molar-refractivity contribution >= 4 is 44.9 Å². The van der Waals surface area contributed by atoms with Gasteiger partial charge in [0.05, 0.1) is 0 Å². The Kier molecular flexibility index (Phi) is 9.87. The molecule has 0 atom stereocenters. The van der Waals surface area contributed by atoms with Crippen LogP contribution < -0.4 is 13.5 Å². The normalized spacial score (nSPS) is 14.5. The molecule has 1 aliphatic rings. The van der Waals surface area contributed by atoms with E-state index in [2.05, 4.69) is 72.6 Å². The summed E-state index contributed by atoms with van der Waals surface area (Å²) in [6.07, 6.45) is 11.6. The summed E-state index contributed by atoms with van der Waals surface area (Å²) in [4.78, 5) is 14.3. The van der Waals surface area contributed by atoms with Crippen LogP contribution in [0.3, 0.4) is 0 Å². The monoisotopic (exact) mass is 600 g/mol. The minimum atomic E-state index is -2.71. The number of hydrogen-bond acceptors (Lipinski definition) is 6. The Bertz CT molecular complexity index is 1060. The van der Waals surface area contributed by atoms with Crippen LogP contribution in [0.25, 0.3) is 5.65 Å². The third-order valence-corrected chi connectivity index (χ3v) is 23.1. The maximum atomic E-state index is 5.50. The molecule has 1 saturated heterocycles. The quantitative estimate of drug-likeness (QED) is 0.232. The van der Waals surface area contributed by atoms with Crippen LogP contribution >= 0.6 is 0 Å². The first kappa shape index (κ1) is 27.2. The Labute approximate surface area is 221 Å². The van der Waals surface area contributed by atoms with E-state index >= 15 is 0 Å². The van der Waals surface area contributed by atoms with Gasteiger partial charge in [-0.3, -0.25) is 0 Å². The number of ether oxygens (including phenoxy) is 1. The van der Waals surface area contributed by atoms with Crippen molar-refractivity contribution in [1.29, 1.82) is 0 Å². The van der Waals surface area contributed by atoms with Crippen LogP contribution in [-0.2, 0) is 4.74 Å². The van der Waals surface area contributed by atoms with Crippen molar-refractivity contribution in [3.8, 4) is 0 Å². The van der Waals surface area contributed by atoms with Crippen molar-refractivity contribution in [2.24, 2.45) is 0 Å². The second-order valence-electron chi connectivity index (χ2n) is 10.2. The van der Waals surface area contributed by atoms with Gasteiger partial charge in [0.25, 0.3) is 0 Å². The Balaban J connectivity index is 1.67. The van der Waals surface area contributed by atoms with E-state index in [0.29, 0.717) is 0 Å². The van der Waals surface area contributed by atoms with E-state index in [4.69, 9.17) is 19.8 Å². The molecule has 1 aromatic carbocycles. The van der Waals surface area contributed by atoms with Gasteiger partial charge in [0.2, 0.25) is 0 Å². The number of morpholine rings is 1. The molecule has 0 saturated carbocycles. The molecule has 0 unspecified atom stereocenters. The van der Waals surface area contributed by atoms with Crippen LogP contribution in [-0.4, -0.2) is 71.3 Å². The summed E-state index contributed by atoms with van der Waals surface area (Å²) in [5.41, 5.74) is 3.24. The molecule has 0 amide bonds. The van der Waals surface area contributed by atoms with Crippen molar-refractivity contribution in [2.75, 3.05) is 43.2 Å². The number of nitrogens with zero attached hydrogens (tertiary/aromatic N) is 6. The van der Waals surface area contributed by atoms with Crippen molar-refractivity contribution in [2.45, 2.75) is 72.6 Å². The fourth-order valence-electron chi connectivity index (χ4n) is 5.54. The molecule has 4 rings (SSSR count). The number of hydrogen-bond donors (Lipinski definition) is 0. The molecule has 7 nitrogen and oxygen atoms in total. The zero-order chi connectivity index (χ0) is 25.4. The summed E-state index contributed by atoms with van der Waals surface area (Å²) >= 11 is -2.71. The molecule has 0 spiro atoms. The Hall–Kier alpha value is -1.87. The standard InChI is InChI=1S/C16H17N6O.3C4H9.Sn/c1-20(15-16-18-12-19-22(16)7-6-17-15)13-2-4-14(5-3-13)21-8-10-23-11-9-21;3*1-3-4-2;/h2-6,12H,8-11H2,1H3;3*1,3-4H2,2H3;. The molecule has 0 aliphatic carbocycles. The zero-order valence-electron chi connectivity index (χ0n) is 22.7. The summed E-state index contributed by atoms with van der Waals surface area (Å²) in [5, 5.41) is 4.79. The minimum absolute atomic E-state index is 0.796. The summed E-state index contributed by atoms with van der Waals surface area (Å²) in [6, 6.07) is 8.77. The third-order valence-electron chi connectivity index (χ3n) is 7.79. The topological polar surface area (TPSA) is 58.8 Å². The molecule has 3 heterocycles. The van der Waals surface area contributed by atoms with Crippen molar-refractivity contribution < 1.29 is 4.74 Å². The summed E-state index contributed by atoms with van der Waals surface area (Å²) in [6.45, 7) is 10.4. The first-order chi connectivity index (χ1) is 17.6. The SMILES string of the molecule is CCC[CH2][Sn]([CH2]CCC)([CH2]CCC)[c]1cnc(N(C)c2ccc(N3CCOCC3)cc2)c2ncnn12. The Morgan fingerprint density at radius 3 is 2.08 bits per heavy atom.